The van der Waals surface area contributed by atoms with Gasteiger partial charge in [-0.25, -0.2) is 9.97 Å². The highest BCUT2D eigenvalue weighted by Gasteiger charge is 2.24. The van der Waals surface area contributed by atoms with Gasteiger partial charge >= 0.3 is 0 Å². The van der Waals surface area contributed by atoms with Crippen LogP contribution in [0, 0.1) is 0 Å². The van der Waals surface area contributed by atoms with Crippen LogP contribution in [-0.4, -0.2) is 34.6 Å². The van der Waals surface area contributed by atoms with Gasteiger partial charge in [-0.1, -0.05) is 0 Å². The number of nitrogens with one attached hydrogen (secondary N) is 1. The molecule has 1 aromatic heterocycles. The van der Waals surface area contributed by atoms with Crippen molar-refractivity contribution >= 4 is 11.6 Å². The Balaban J connectivity index is 2.16. The first-order valence-electron chi connectivity index (χ1n) is 6.56. The number of nitrogens with two attached hydrogens (primary N) is 1. The SMILES string of the molecule is CC(C)(C)Nc1cc(N2CCCC2CN)ncn1. The van der Waals surface area contributed by atoms with Crippen LogP contribution in [-0.2, 0) is 0 Å². The summed E-state index contributed by atoms with van der Waals surface area (Å²) in [6.07, 6.45) is 3.96. The molecule has 1 aliphatic heterocycles. The molecule has 3 N–H and O–H groups in total. The largest absolute Gasteiger partial charge is 0.365 e. The fourth-order valence-electron chi connectivity index (χ4n) is 2.34. The van der Waals surface area contributed by atoms with Crippen molar-refractivity contribution in [1.82, 2.24) is 9.97 Å². The summed E-state index contributed by atoms with van der Waals surface area (Å²) in [7, 11) is 0. The molecule has 0 radical (unpaired) electrons. The molecule has 0 saturated carbocycles. The maximum atomic E-state index is 5.80. The summed E-state index contributed by atoms with van der Waals surface area (Å²) in [4.78, 5) is 10.9. The van der Waals surface area contributed by atoms with Crippen LogP contribution in [0.1, 0.15) is 33.6 Å². The van der Waals surface area contributed by atoms with Crippen molar-refractivity contribution in [2.24, 2.45) is 5.73 Å². The standard InChI is InChI=1S/C13H23N5/c1-13(2,3)17-11-7-12(16-9-15-11)18-6-4-5-10(18)8-14/h7,9-10H,4-6,8,14H2,1-3H3,(H,15,16,17). The molecule has 100 valence electrons. The lowest BCUT2D eigenvalue weighted by Gasteiger charge is -2.26. The highest BCUT2D eigenvalue weighted by molar-refractivity contribution is 5.50. The summed E-state index contributed by atoms with van der Waals surface area (Å²) in [6, 6.07) is 2.43. The summed E-state index contributed by atoms with van der Waals surface area (Å²) in [5, 5.41) is 3.37. The van der Waals surface area contributed by atoms with Gasteiger partial charge in [0, 0.05) is 30.7 Å². The monoisotopic (exact) mass is 249 g/mol. The lowest BCUT2D eigenvalue weighted by molar-refractivity contribution is 0.629. The highest BCUT2D eigenvalue weighted by atomic mass is 15.2. The van der Waals surface area contributed by atoms with E-state index in [1.54, 1.807) is 6.33 Å². The topological polar surface area (TPSA) is 67.1 Å². The first-order chi connectivity index (χ1) is 8.49. The third kappa shape index (κ3) is 3.10. The van der Waals surface area contributed by atoms with E-state index in [9.17, 15) is 0 Å². The minimum absolute atomic E-state index is 0.00387. The van der Waals surface area contributed by atoms with E-state index in [0.29, 0.717) is 12.6 Å². The molecule has 2 heterocycles. The van der Waals surface area contributed by atoms with E-state index in [4.69, 9.17) is 5.73 Å². The summed E-state index contributed by atoms with van der Waals surface area (Å²) < 4.78 is 0. The molecule has 0 bridgehead atoms. The van der Waals surface area contributed by atoms with Crippen molar-refractivity contribution in [3.63, 3.8) is 0 Å². The first kappa shape index (κ1) is 13.1. The van der Waals surface area contributed by atoms with Crippen molar-refractivity contribution in [3.8, 4) is 0 Å². The predicted molar refractivity (Wildman–Crippen MR) is 74.8 cm³/mol. The summed E-state index contributed by atoms with van der Waals surface area (Å²) in [5.41, 5.74) is 5.80. The van der Waals surface area contributed by atoms with Crippen molar-refractivity contribution in [3.05, 3.63) is 12.4 Å². The van der Waals surface area contributed by atoms with E-state index >= 15 is 0 Å². The number of aromatic nitrogens is 2. The predicted octanol–water partition coefficient (Wildman–Crippen LogP) is 1.61. The van der Waals surface area contributed by atoms with Gasteiger partial charge in [-0.2, -0.15) is 0 Å². The fraction of sp³-hybridized carbons (Fsp3) is 0.692. The second-order valence-electron chi connectivity index (χ2n) is 5.86. The zero-order chi connectivity index (χ0) is 13.2. The molecule has 1 aromatic rings. The smallest absolute Gasteiger partial charge is 0.134 e. The van der Waals surface area contributed by atoms with E-state index in [2.05, 4.69) is 41.0 Å². The van der Waals surface area contributed by atoms with Crippen molar-refractivity contribution in [2.75, 3.05) is 23.3 Å². The maximum absolute atomic E-state index is 5.80. The van der Waals surface area contributed by atoms with E-state index in [-0.39, 0.29) is 5.54 Å². The Morgan fingerprint density at radius 2 is 2.22 bits per heavy atom. The summed E-state index contributed by atoms with van der Waals surface area (Å²) in [5.74, 6) is 1.85. The van der Waals surface area contributed by atoms with Crippen LogP contribution >= 0.6 is 0 Å². The van der Waals surface area contributed by atoms with Gasteiger partial charge in [-0.05, 0) is 33.6 Å². The van der Waals surface area contributed by atoms with Crippen molar-refractivity contribution < 1.29 is 0 Å². The quantitative estimate of drug-likeness (QED) is 0.852. The lowest BCUT2D eigenvalue weighted by atomic mass is 10.1. The van der Waals surface area contributed by atoms with Gasteiger partial charge in [0.05, 0.1) is 0 Å². The third-order valence-electron chi connectivity index (χ3n) is 3.10. The Labute approximate surface area is 109 Å². The summed E-state index contributed by atoms with van der Waals surface area (Å²) in [6.45, 7) is 8.08. The second-order valence-corrected chi connectivity index (χ2v) is 5.86. The second kappa shape index (κ2) is 5.10. The molecule has 1 atom stereocenters. The van der Waals surface area contributed by atoms with Gasteiger partial charge in [0.1, 0.15) is 18.0 Å². The van der Waals surface area contributed by atoms with Gasteiger partial charge < -0.3 is 16.0 Å². The maximum Gasteiger partial charge on any atom is 0.134 e. The average Bonchev–Trinajstić information content (AvgIpc) is 2.75. The van der Waals surface area contributed by atoms with E-state index in [1.165, 1.54) is 6.42 Å². The van der Waals surface area contributed by atoms with Gasteiger partial charge in [-0.15, -0.1) is 0 Å². The van der Waals surface area contributed by atoms with Gasteiger partial charge in [-0.3, -0.25) is 0 Å². The lowest BCUT2D eigenvalue weighted by Crippen LogP contribution is -2.36. The molecule has 1 saturated heterocycles. The van der Waals surface area contributed by atoms with Crippen LogP contribution in [0.15, 0.2) is 12.4 Å². The molecule has 5 nitrogen and oxygen atoms in total. The molecular formula is C13H23N5. The summed E-state index contributed by atoms with van der Waals surface area (Å²) >= 11 is 0. The Morgan fingerprint density at radius 1 is 1.44 bits per heavy atom. The molecule has 0 spiro atoms. The van der Waals surface area contributed by atoms with Crippen LogP contribution in [0.3, 0.4) is 0 Å². The Hall–Kier alpha value is -1.36. The Kier molecular flexibility index (Phi) is 3.71. The molecule has 1 unspecified atom stereocenters. The Morgan fingerprint density at radius 3 is 2.89 bits per heavy atom. The molecule has 2 rings (SSSR count). The van der Waals surface area contributed by atoms with Crippen molar-refractivity contribution in [1.29, 1.82) is 0 Å². The van der Waals surface area contributed by atoms with Gasteiger partial charge in [0.15, 0.2) is 0 Å². The van der Waals surface area contributed by atoms with E-state index in [1.807, 2.05) is 6.07 Å². The zero-order valence-corrected chi connectivity index (χ0v) is 11.5. The molecule has 1 fully saturated rings. The first-order valence-corrected chi connectivity index (χ1v) is 6.56. The molecule has 0 aromatic carbocycles. The highest BCUT2D eigenvalue weighted by Crippen LogP contribution is 2.25. The molecule has 0 amide bonds. The van der Waals surface area contributed by atoms with E-state index in [0.717, 1.165) is 24.6 Å². The van der Waals surface area contributed by atoms with E-state index < -0.39 is 0 Å². The number of rotatable bonds is 3. The van der Waals surface area contributed by atoms with Gasteiger partial charge in [0.2, 0.25) is 0 Å². The van der Waals surface area contributed by atoms with Gasteiger partial charge in [0.25, 0.3) is 0 Å². The normalized spacial score (nSPS) is 20.2. The minimum Gasteiger partial charge on any atom is -0.365 e. The van der Waals surface area contributed by atoms with Crippen LogP contribution in [0.4, 0.5) is 11.6 Å². The van der Waals surface area contributed by atoms with Crippen LogP contribution < -0.4 is 16.0 Å². The fourth-order valence-corrected chi connectivity index (χ4v) is 2.34. The molecular weight excluding hydrogens is 226 g/mol. The minimum atomic E-state index is 0.00387. The number of anilines is 2. The van der Waals surface area contributed by atoms with Crippen LogP contribution in [0.25, 0.3) is 0 Å². The number of nitrogens with zero attached hydrogens (tertiary/aromatic N) is 3. The average molecular weight is 249 g/mol. The molecule has 0 aliphatic carbocycles. The molecule has 1 aliphatic rings. The molecule has 5 heteroatoms. The number of hydrogen-bond donors (Lipinski definition) is 2. The number of hydrogen-bond acceptors (Lipinski definition) is 5. The van der Waals surface area contributed by atoms with Crippen molar-refractivity contribution in [2.45, 2.75) is 45.2 Å². The van der Waals surface area contributed by atoms with Crippen LogP contribution in [0.2, 0.25) is 0 Å². The molecule has 18 heavy (non-hydrogen) atoms. The zero-order valence-electron chi connectivity index (χ0n) is 11.5. The Bertz CT molecular complexity index is 399. The van der Waals surface area contributed by atoms with Crippen LogP contribution in [0.5, 0.6) is 0 Å². The third-order valence-corrected chi connectivity index (χ3v) is 3.10.